The molecule has 5 nitrogen and oxygen atoms in total. The second-order valence-electron chi connectivity index (χ2n) is 3.82. The lowest BCUT2D eigenvalue weighted by molar-refractivity contribution is 0.603. The van der Waals surface area contributed by atoms with Crippen LogP contribution in [0.15, 0.2) is 28.6 Å². The number of hydrogen-bond acceptors (Lipinski definition) is 5. The van der Waals surface area contributed by atoms with Crippen molar-refractivity contribution < 1.29 is 8.42 Å². The number of sulfonamides is 1. The van der Waals surface area contributed by atoms with Crippen LogP contribution in [0.1, 0.15) is 10.6 Å². The summed E-state index contributed by atoms with van der Waals surface area (Å²) >= 11 is 1.13. The number of aromatic nitrogens is 1. The third kappa shape index (κ3) is 2.46. The van der Waals surface area contributed by atoms with Crippen LogP contribution in [0.2, 0.25) is 0 Å². The summed E-state index contributed by atoms with van der Waals surface area (Å²) in [5, 5.41) is 0.708. The second-order valence-corrected chi connectivity index (χ2v) is 6.97. The van der Waals surface area contributed by atoms with Crippen LogP contribution in [0.5, 0.6) is 0 Å². The molecule has 3 N–H and O–H groups in total. The number of thiazole rings is 1. The van der Waals surface area contributed by atoms with Gasteiger partial charge in [-0.2, -0.15) is 0 Å². The number of nitrogens with zero attached hydrogens (tertiary/aromatic N) is 1. The summed E-state index contributed by atoms with van der Waals surface area (Å²) in [4.78, 5) is 3.94. The Morgan fingerprint density at radius 3 is 2.67 bits per heavy atom. The van der Waals surface area contributed by atoms with Gasteiger partial charge in [-0.1, -0.05) is 6.07 Å². The monoisotopic (exact) mass is 283 g/mol. The second kappa shape index (κ2) is 4.58. The van der Waals surface area contributed by atoms with E-state index in [1.165, 1.54) is 6.20 Å². The highest BCUT2D eigenvalue weighted by molar-refractivity contribution is 7.94. The van der Waals surface area contributed by atoms with E-state index >= 15 is 0 Å². The van der Waals surface area contributed by atoms with Crippen molar-refractivity contribution in [2.45, 2.75) is 18.1 Å². The van der Waals surface area contributed by atoms with Crippen molar-refractivity contribution in [2.24, 2.45) is 0 Å². The molecule has 0 aliphatic carbocycles. The number of nitrogen functional groups attached to an aromatic ring is 1. The molecule has 0 radical (unpaired) electrons. The van der Waals surface area contributed by atoms with E-state index in [0.29, 0.717) is 21.9 Å². The molecular weight excluding hydrogens is 270 g/mol. The SMILES string of the molecule is Cc1ncc(S(=O)(=O)Nc2cccc(N)c2C)s1. The van der Waals surface area contributed by atoms with Crippen molar-refractivity contribution in [1.29, 1.82) is 0 Å². The van der Waals surface area contributed by atoms with Crippen molar-refractivity contribution in [3.63, 3.8) is 0 Å². The Bertz CT molecular complexity index is 677. The summed E-state index contributed by atoms with van der Waals surface area (Å²) in [6.45, 7) is 3.53. The first-order valence-electron chi connectivity index (χ1n) is 5.20. The lowest BCUT2D eigenvalue weighted by Gasteiger charge is -2.10. The van der Waals surface area contributed by atoms with Crippen LogP contribution in [0.3, 0.4) is 0 Å². The summed E-state index contributed by atoms with van der Waals surface area (Å²) in [5.41, 5.74) is 7.49. The molecule has 0 saturated carbocycles. The van der Waals surface area contributed by atoms with Gasteiger partial charge in [0.1, 0.15) is 0 Å². The van der Waals surface area contributed by atoms with Crippen LogP contribution in [-0.2, 0) is 10.0 Å². The fraction of sp³-hybridized carbons (Fsp3) is 0.182. The molecule has 7 heteroatoms. The molecule has 0 atom stereocenters. The topological polar surface area (TPSA) is 85.1 Å². The molecule has 0 unspecified atom stereocenters. The van der Waals surface area contributed by atoms with E-state index in [9.17, 15) is 8.42 Å². The maximum atomic E-state index is 12.1. The minimum Gasteiger partial charge on any atom is -0.398 e. The van der Waals surface area contributed by atoms with Crippen molar-refractivity contribution in [3.05, 3.63) is 35.0 Å². The molecule has 0 saturated heterocycles. The van der Waals surface area contributed by atoms with E-state index in [1.807, 2.05) is 0 Å². The van der Waals surface area contributed by atoms with Crippen molar-refractivity contribution in [1.82, 2.24) is 4.98 Å². The van der Waals surface area contributed by atoms with Crippen LogP contribution < -0.4 is 10.5 Å². The van der Waals surface area contributed by atoms with E-state index < -0.39 is 10.0 Å². The number of hydrogen-bond donors (Lipinski definition) is 2. The summed E-state index contributed by atoms with van der Waals surface area (Å²) < 4.78 is 26.9. The van der Waals surface area contributed by atoms with Gasteiger partial charge < -0.3 is 5.73 Å². The number of nitrogens with one attached hydrogen (secondary N) is 1. The predicted octanol–water partition coefficient (Wildman–Crippen LogP) is 2.14. The normalized spacial score (nSPS) is 11.4. The maximum absolute atomic E-state index is 12.1. The van der Waals surface area contributed by atoms with Crippen molar-refractivity contribution in [2.75, 3.05) is 10.5 Å². The average molecular weight is 283 g/mol. The van der Waals surface area contributed by atoms with Gasteiger partial charge in [0, 0.05) is 5.69 Å². The van der Waals surface area contributed by atoms with Gasteiger partial charge >= 0.3 is 0 Å². The van der Waals surface area contributed by atoms with Gasteiger partial charge in [-0.25, -0.2) is 13.4 Å². The van der Waals surface area contributed by atoms with Crippen LogP contribution >= 0.6 is 11.3 Å². The Balaban J connectivity index is 2.37. The highest BCUT2D eigenvalue weighted by atomic mass is 32.2. The van der Waals surface area contributed by atoms with Crippen LogP contribution in [-0.4, -0.2) is 13.4 Å². The summed E-state index contributed by atoms with van der Waals surface area (Å²) in [7, 11) is -3.58. The van der Waals surface area contributed by atoms with Crippen molar-refractivity contribution >= 4 is 32.7 Å². The van der Waals surface area contributed by atoms with Gasteiger partial charge in [0.2, 0.25) is 0 Å². The van der Waals surface area contributed by atoms with Crippen LogP contribution in [0.4, 0.5) is 11.4 Å². The fourth-order valence-electron chi connectivity index (χ4n) is 1.43. The Kier molecular flexibility index (Phi) is 3.27. The molecule has 1 heterocycles. The van der Waals surface area contributed by atoms with Gasteiger partial charge in [0.25, 0.3) is 10.0 Å². The van der Waals surface area contributed by atoms with Gasteiger partial charge in [-0.15, -0.1) is 11.3 Å². The Morgan fingerprint density at radius 1 is 1.33 bits per heavy atom. The highest BCUT2D eigenvalue weighted by Gasteiger charge is 2.18. The summed E-state index contributed by atoms with van der Waals surface area (Å²) in [6, 6.07) is 5.11. The molecule has 0 spiro atoms. The zero-order valence-corrected chi connectivity index (χ0v) is 11.6. The number of benzene rings is 1. The lowest BCUT2D eigenvalue weighted by Crippen LogP contribution is -2.12. The molecule has 18 heavy (non-hydrogen) atoms. The van der Waals surface area contributed by atoms with E-state index in [1.54, 1.807) is 32.0 Å². The summed E-state index contributed by atoms with van der Waals surface area (Å²) in [6.07, 6.45) is 1.35. The largest absolute Gasteiger partial charge is 0.398 e. The first-order chi connectivity index (χ1) is 8.40. The van der Waals surface area contributed by atoms with Crippen molar-refractivity contribution in [3.8, 4) is 0 Å². The number of nitrogens with two attached hydrogens (primary N) is 1. The van der Waals surface area contributed by atoms with E-state index in [4.69, 9.17) is 5.73 Å². The Morgan fingerprint density at radius 2 is 2.06 bits per heavy atom. The zero-order valence-electron chi connectivity index (χ0n) is 9.97. The molecule has 1 aromatic heterocycles. The standard InChI is InChI=1S/C11H13N3O2S2/c1-7-9(12)4-3-5-10(7)14-18(15,16)11-6-13-8(2)17-11/h3-6,14H,12H2,1-2H3. The number of aryl methyl sites for hydroxylation is 1. The molecular formula is C11H13N3O2S2. The molecule has 0 bridgehead atoms. The van der Waals surface area contributed by atoms with Gasteiger partial charge in [-0.05, 0) is 31.5 Å². The van der Waals surface area contributed by atoms with Gasteiger partial charge in [-0.3, -0.25) is 4.72 Å². The first-order valence-corrected chi connectivity index (χ1v) is 7.50. The number of anilines is 2. The average Bonchev–Trinajstić information content (AvgIpc) is 2.72. The predicted molar refractivity (Wildman–Crippen MR) is 73.3 cm³/mol. The fourth-order valence-corrected chi connectivity index (χ4v) is 3.66. The van der Waals surface area contributed by atoms with E-state index in [-0.39, 0.29) is 4.21 Å². The lowest BCUT2D eigenvalue weighted by atomic mass is 10.2. The molecule has 0 aliphatic rings. The smallest absolute Gasteiger partial charge is 0.273 e. The molecule has 2 rings (SSSR count). The van der Waals surface area contributed by atoms with E-state index in [2.05, 4.69) is 9.71 Å². The Labute approximate surface area is 110 Å². The molecule has 96 valence electrons. The van der Waals surface area contributed by atoms with E-state index in [0.717, 1.165) is 11.3 Å². The first kappa shape index (κ1) is 12.8. The highest BCUT2D eigenvalue weighted by Crippen LogP contribution is 2.25. The summed E-state index contributed by atoms with van der Waals surface area (Å²) in [5.74, 6) is 0. The molecule has 0 aliphatic heterocycles. The zero-order chi connectivity index (χ0) is 13.3. The molecule has 0 amide bonds. The third-order valence-corrected chi connectivity index (χ3v) is 5.22. The number of rotatable bonds is 3. The minimum atomic E-state index is -3.58. The molecule has 2 aromatic rings. The minimum absolute atomic E-state index is 0.196. The quantitative estimate of drug-likeness (QED) is 0.845. The molecule has 1 aromatic carbocycles. The van der Waals surface area contributed by atoms with Gasteiger partial charge in [0.05, 0.1) is 16.9 Å². The molecule has 0 fully saturated rings. The van der Waals surface area contributed by atoms with Gasteiger partial charge in [0.15, 0.2) is 4.21 Å². The third-order valence-electron chi connectivity index (χ3n) is 2.48. The van der Waals surface area contributed by atoms with Crippen LogP contribution in [0, 0.1) is 13.8 Å². The van der Waals surface area contributed by atoms with Crippen LogP contribution in [0.25, 0.3) is 0 Å². The Hall–Kier alpha value is -1.60. The maximum Gasteiger partial charge on any atom is 0.273 e.